The highest BCUT2D eigenvalue weighted by molar-refractivity contribution is 5.86. The number of rotatable bonds is 6. The van der Waals surface area contributed by atoms with E-state index in [1.54, 1.807) is 0 Å². The first-order chi connectivity index (χ1) is 13.3. The Kier molecular flexibility index (Phi) is 4.97. The van der Waals surface area contributed by atoms with Crippen LogP contribution in [0.3, 0.4) is 0 Å². The van der Waals surface area contributed by atoms with Crippen molar-refractivity contribution >= 4 is 23.2 Å². The molecule has 0 aliphatic carbocycles. The Morgan fingerprint density at radius 1 is 0.926 bits per heavy atom. The Bertz CT molecular complexity index is 1070. The molecule has 0 atom stereocenters. The lowest BCUT2D eigenvalue weighted by Gasteiger charge is -2.08. The van der Waals surface area contributed by atoms with Crippen molar-refractivity contribution in [1.82, 2.24) is 9.55 Å². The van der Waals surface area contributed by atoms with Gasteiger partial charge in [-0.1, -0.05) is 54.6 Å². The summed E-state index contributed by atoms with van der Waals surface area (Å²) in [4.78, 5) is 9.42. The molecule has 0 N–H and O–H groups in total. The van der Waals surface area contributed by atoms with Crippen molar-refractivity contribution in [2.75, 3.05) is 6.61 Å². The van der Waals surface area contributed by atoms with Crippen LogP contribution in [0.4, 0.5) is 5.95 Å². The van der Waals surface area contributed by atoms with E-state index in [9.17, 15) is 0 Å². The van der Waals surface area contributed by atoms with Crippen LogP contribution < -0.4 is 4.74 Å². The molecule has 0 fully saturated rings. The van der Waals surface area contributed by atoms with Gasteiger partial charge in [0.25, 0.3) is 0 Å². The fourth-order valence-electron chi connectivity index (χ4n) is 3.08. The van der Waals surface area contributed by atoms with Gasteiger partial charge in [0.2, 0.25) is 5.95 Å². The summed E-state index contributed by atoms with van der Waals surface area (Å²) in [5.41, 5.74) is 4.18. The van der Waals surface area contributed by atoms with Gasteiger partial charge in [0, 0.05) is 11.8 Å². The molecule has 0 spiro atoms. The van der Waals surface area contributed by atoms with Gasteiger partial charge < -0.3 is 9.30 Å². The minimum Gasteiger partial charge on any atom is -0.493 e. The van der Waals surface area contributed by atoms with E-state index in [0.717, 1.165) is 28.9 Å². The second-order valence-corrected chi connectivity index (χ2v) is 6.20. The highest BCUT2D eigenvalue weighted by Crippen LogP contribution is 2.24. The van der Waals surface area contributed by atoms with Gasteiger partial charge in [0.1, 0.15) is 5.75 Å². The van der Waals surface area contributed by atoms with E-state index in [1.807, 2.05) is 61.7 Å². The van der Waals surface area contributed by atoms with Crippen LogP contribution in [0.5, 0.6) is 5.75 Å². The maximum atomic E-state index is 5.69. The first-order valence-electron chi connectivity index (χ1n) is 9.10. The lowest BCUT2D eigenvalue weighted by molar-refractivity contribution is 0.340. The molecule has 0 aliphatic heterocycles. The van der Waals surface area contributed by atoms with Crippen molar-refractivity contribution < 1.29 is 4.74 Å². The average molecular weight is 355 g/mol. The summed E-state index contributed by atoms with van der Waals surface area (Å²) >= 11 is 0. The highest BCUT2D eigenvalue weighted by atomic mass is 16.5. The topological polar surface area (TPSA) is 39.4 Å². The number of aliphatic imine (C=N–C) groups is 1. The van der Waals surface area contributed by atoms with Crippen LogP contribution >= 0.6 is 0 Å². The molecule has 0 amide bonds. The number of hydrogen-bond donors (Lipinski definition) is 0. The molecule has 1 heterocycles. The predicted molar refractivity (Wildman–Crippen MR) is 110 cm³/mol. The lowest BCUT2D eigenvalue weighted by atomic mass is 10.2. The molecule has 0 saturated heterocycles. The van der Waals surface area contributed by atoms with Crippen molar-refractivity contribution in [3.63, 3.8) is 0 Å². The summed E-state index contributed by atoms with van der Waals surface area (Å²) in [6.07, 6.45) is 1.83. The highest BCUT2D eigenvalue weighted by Gasteiger charge is 2.10. The standard InChI is InChI=1S/C23H21N3O/c1-2-27-22-15-9-6-12-19(22)16-24-23-25-20-13-7-8-14-21(20)26(23)17-18-10-4-3-5-11-18/h3-16H,2,17H2,1H3. The van der Waals surface area contributed by atoms with E-state index in [1.165, 1.54) is 5.56 Å². The maximum absolute atomic E-state index is 5.69. The largest absolute Gasteiger partial charge is 0.493 e. The van der Waals surface area contributed by atoms with Crippen molar-refractivity contribution in [3.8, 4) is 5.75 Å². The van der Waals surface area contributed by atoms with Gasteiger partial charge in [-0.2, -0.15) is 0 Å². The number of ether oxygens (including phenoxy) is 1. The van der Waals surface area contributed by atoms with E-state index < -0.39 is 0 Å². The Balaban J connectivity index is 1.74. The first-order valence-corrected chi connectivity index (χ1v) is 9.10. The number of imidazole rings is 1. The summed E-state index contributed by atoms with van der Waals surface area (Å²) in [6, 6.07) is 26.4. The zero-order chi connectivity index (χ0) is 18.5. The Morgan fingerprint density at radius 3 is 2.52 bits per heavy atom. The molecule has 4 nitrogen and oxygen atoms in total. The van der Waals surface area contributed by atoms with Crippen LogP contribution in [0, 0.1) is 0 Å². The van der Waals surface area contributed by atoms with Crippen LogP contribution in [0.2, 0.25) is 0 Å². The van der Waals surface area contributed by atoms with Crippen LogP contribution in [-0.4, -0.2) is 22.4 Å². The van der Waals surface area contributed by atoms with Crippen molar-refractivity contribution in [2.24, 2.45) is 4.99 Å². The second kappa shape index (κ2) is 7.87. The SMILES string of the molecule is CCOc1ccccc1C=Nc1nc2ccccc2n1Cc1ccccc1. The zero-order valence-corrected chi connectivity index (χ0v) is 15.2. The number of nitrogens with zero attached hydrogens (tertiary/aromatic N) is 3. The third-order valence-electron chi connectivity index (χ3n) is 4.36. The Hall–Kier alpha value is -3.40. The second-order valence-electron chi connectivity index (χ2n) is 6.20. The van der Waals surface area contributed by atoms with Crippen LogP contribution in [-0.2, 0) is 6.54 Å². The van der Waals surface area contributed by atoms with Crippen LogP contribution in [0.15, 0.2) is 83.9 Å². The molecule has 0 unspecified atom stereocenters. The van der Waals surface area contributed by atoms with Crippen molar-refractivity contribution in [3.05, 3.63) is 90.0 Å². The Labute approximate surface area is 158 Å². The minimum absolute atomic E-state index is 0.622. The van der Waals surface area contributed by atoms with Crippen molar-refractivity contribution in [1.29, 1.82) is 0 Å². The average Bonchev–Trinajstić information content (AvgIpc) is 3.06. The van der Waals surface area contributed by atoms with Crippen molar-refractivity contribution in [2.45, 2.75) is 13.5 Å². The molecular weight excluding hydrogens is 334 g/mol. The molecule has 27 heavy (non-hydrogen) atoms. The molecule has 0 bridgehead atoms. The number of aromatic nitrogens is 2. The fourth-order valence-corrected chi connectivity index (χ4v) is 3.08. The van der Waals surface area contributed by atoms with Gasteiger partial charge in [0.05, 0.1) is 24.2 Å². The smallest absolute Gasteiger partial charge is 0.230 e. The van der Waals surface area contributed by atoms with E-state index in [-0.39, 0.29) is 0 Å². The molecule has 0 saturated carbocycles. The van der Waals surface area contributed by atoms with Gasteiger partial charge in [-0.15, -0.1) is 0 Å². The number of benzene rings is 3. The first kappa shape index (κ1) is 17.0. The van der Waals surface area contributed by atoms with E-state index in [4.69, 9.17) is 14.7 Å². The quantitative estimate of drug-likeness (QED) is 0.444. The van der Waals surface area contributed by atoms with Gasteiger partial charge in [-0.05, 0) is 36.8 Å². The molecule has 0 radical (unpaired) electrons. The van der Waals surface area contributed by atoms with E-state index in [0.29, 0.717) is 12.6 Å². The monoisotopic (exact) mass is 355 g/mol. The molecule has 4 rings (SSSR count). The summed E-state index contributed by atoms with van der Waals surface area (Å²) in [5.74, 6) is 1.51. The number of fused-ring (bicyclic) bond motifs is 1. The lowest BCUT2D eigenvalue weighted by Crippen LogP contribution is -1.99. The van der Waals surface area contributed by atoms with Gasteiger partial charge in [0.15, 0.2) is 0 Å². The van der Waals surface area contributed by atoms with Crippen LogP contribution in [0.25, 0.3) is 11.0 Å². The molecule has 0 aliphatic rings. The summed E-state index contributed by atoms with van der Waals surface area (Å²) in [6.45, 7) is 3.33. The summed E-state index contributed by atoms with van der Waals surface area (Å²) in [5, 5.41) is 0. The van der Waals surface area contributed by atoms with Gasteiger partial charge in [-0.3, -0.25) is 0 Å². The number of para-hydroxylation sites is 3. The number of hydrogen-bond acceptors (Lipinski definition) is 3. The molecule has 1 aromatic heterocycles. The van der Waals surface area contributed by atoms with E-state index >= 15 is 0 Å². The maximum Gasteiger partial charge on any atom is 0.230 e. The van der Waals surface area contributed by atoms with Gasteiger partial charge >= 0.3 is 0 Å². The summed E-state index contributed by atoms with van der Waals surface area (Å²) < 4.78 is 7.84. The molecule has 3 aromatic carbocycles. The molecule has 4 aromatic rings. The van der Waals surface area contributed by atoms with Gasteiger partial charge in [-0.25, -0.2) is 9.98 Å². The molecule has 134 valence electrons. The normalized spacial score (nSPS) is 11.3. The Morgan fingerprint density at radius 2 is 1.67 bits per heavy atom. The van der Waals surface area contributed by atoms with E-state index in [2.05, 4.69) is 34.9 Å². The summed E-state index contributed by atoms with van der Waals surface area (Å²) in [7, 11) is 0. The third-order valence-corrected chi connectivity index (χ3v) is 4.36. The molecule has 4 heteroatoms. The zero-order valence-electron chi connectivity index (χ0n) is 15.2. The van der Waals surface area contributed by atoms with Crippen LogP contribution in [0.1, 0.15) is 18.1 Å². The minimum atomic E-state index is 0.622. The third kappa shape index (κ3) is 3.75. The predicted octanol–water partition coefficient (Wildman–Crippen LogP) is 5.23. The molecular formula is C23H21N3O. The fraction of sp³-hybridized carbons (Fsp3) is 0.130.